The van der Waals surface area contributed by atoms with E-state index in [0.29, 0.717) is 0 Å². The minimum absolute atomic E-state index is 0.0902. The SMILES string of the molecule is C=CCn1cc(C(=O)OC)c(=O)c(OC)c1C(=O)OC. The van der Waals surface area contributed by atoms with Crippen LogP contribution in [0.15, 0.2) is 23.6 Å². The van der Waals surface area contributed by atoms with E-state index in [4.69, 9.17) is 4.74 Å². The number of rotatable bonds is 5. The number of esters is 2. The number of carbonyl (C=O) groups is 2. The van der Waals surface area contributed by atoms with E-state index in [1.165, 1.54) is 31.1 Å². The van der Waals surface area contributed by atoms with E-state index >= 15 is 0 Å². The number of pyridine rings is 1. The molecule has 0 fully saturated rings. The maximum atomic E-state index is 12.1. The summed E-state index contributed by atoms with van der Waals surface area (Å²) in [7, 11) is 3.56. The summed E-state index contributed by atoms with van der Waals surface area (Å²) >= 11 is 0. The Morgan fingerprint density at radius 2 is 1.85 bits per heavy atom. The van der Waals surface area contributed by atoms with E-state index in [9.17, 15) is 14.4 Å². The standard InChI is InChI=1S/C13H15NO6/c1-5-6-14-7-8(12(16)19-3)10(15)11(18-2)9(14)13(17)20-4/h5,7H,1,6H2,2-4H3. The van der Waals surface area contributed by atoms with Gasteiger partial charge in [0.15, 0.2) is 11.4 Å². The lowest BCUT2D eigenvalue weighted by molar-refractivity contribution is 0.0569. The van der Waals surface area contributed by atoms with E-state index in [-0.39, 0.29) is 23.6 Å². The van der Waals surface area contributed by atoms with E-state index in [2.05, 4.69) is 16.1 Å². The summed E-state index contributed by atoms with van der Waals surface area (Å²) in [6.07, 6.45) is 2.71. The van der Waals surface area contributed by atoms with Crippen LogP contribution in [-0.2, 0) is 16.0 Å². The summed E-state index contributed by atoms with van der Waals surface area (Å²) in [4.78, 5) is 35.5. The molecule has 7 heteroatoms. The molecule has 7 nitrogen and oxygen atoms in total. The summed E-state index contributed by atoms with van der Waals surface area (Å²) in [5.74, 6) is -1.85. The topological polar surface area (TPSA) is 83.8 Å². The van der Waals surface area contributed by atoms with Gasteiger partial charge >= 0.3 is 11.9 Å². The smallest absolute Gasteiger partial charge is 0.358 e. The van der Waals surface area contributed by atoms with Gasteiger partial charge < -0.3 is 18.8 Å². The molecule has 1 rings (SSSR count). The van der Waals surface area contributed by atoms with Gasteiger partial charge in [0, 0.05) is 12.7 Å². The second kappa shape index (κ2) is 6.55. The van der Waals surface area contributed by atoms with E-state index in [1.54, 1.807) is 0 Å². The van der Waals surface area contributed by atoms with Gasteiger partial charge in [-0.05, 0) is 0 Å². The number of hydrogen-bond acceptors (Lipinski definition) is 6. The predicted molar refractivity (Wildman–Crippen MR) is 70.1 cm³/mol. The molecule has 0 saturated heterocycles. The van der Waals surface area contributed by atoms with E-state index in [1.807, 2.05) is 0 Å². The first-order chi connectivity index (χ1) is 9.51. The van der Waals surface area contributed by atoms with Crippen molar-refractivity contribution in [2.45, 2.75) is 6.54 Å². The number of ether oxygens (including phenoxy) is 3. The first-order valence-electron chi connectivity index (χ1n) is 5.60. The zero-order valence-corrected chi connectivity index (χ0v) is 11.5. The average molecular weight is 281 g/mol. The number of aromatic nitrogens is 1. The van der Waals surface area contributed by atoms with Gasteiger partial charge in [-0.25, -0.2) is 9.59 Å². The number of carbonyl (C=O) groups excluding carboxylic acids is 2. The Kier molecular flexibility index (Phi) is 5.08. The van der Waals surface area contributed by atoms with Crippen LogP contribution >= 0.6 is 0 Å². The molecule has 0 aliphatic heterocycles. The van der Waals surface area contributed by atoms with Gasteiger partial charge in [0.05, 0.1) is 21.3 Å². The van der Waals surface area contributed by atoms with Crippen molar-refractivity contribution in [3.8, 4) is 5.75 Å². The largest absolute Gasteiger partial charge is 0.491 e. The van der Waals surface area contributed by atoms with Crippen LogP contribution in [0.1, 0.15) is 20.8 Å². The van der Waals surface area contributed by atoms with Crippen LogP contribution in [0.5, 0.6) is 5.75 Å². The van der Waals surface area contributed by atoms with Crippen molar-refractivity contribution in [1.29, 1.82) is 0 Å². The Bertz CT molecular complexity index is 602. The summed E-state index contributed by atoms with van der Waals surface area (Å²) in [5, 5.41) is 0. The molecule has 0 radical (unpaired) electrons. The highest BCUT2D eigenvalue weighted by Crippen LogP contribution is 2.17. The normalized spacial score (nSPS) is 9.75. The van der Waals surface area contributed by atoms with Gasteiger partial charge in [0.2, 0.25) is 5.43 Å². The van der Waals surface area contributed by atoms with Crippen molar-refractivity contribution in [1.82, 2.24) is 4.57 Å². The summed E-state index contributed by atoms with van der Waals surface area (Å²) < 4.78 is 15.4. The van der Waals surface area contributed by atoms with E-state index < -0.39 is 17.4 Å². The van der Waals surface area contributed by atoms with Crippen molar-refractivity contribution in [2.75, 3.05) is 21.3 Å². The third-order valence-corrected chi connectivity index (χ3v) is 2.55. The lowest BCUT2D eigenvalue weighted by Crippen LogP contribution is -2.26. The first kappa shape index (κ1) is 15.5. The molecule has 0 aliphatic carbocycles. The van der Waals surface area contributed by atoms with Crippen LogP contribution < -0.4 is 10.2 Å². The minimum atomic E-state index is -0.817. The molecule has 0 unspecified atom stereocenters. The molecule has 0 atom stereocenters. The molecule has 0 amide bonds. The molecular weight excluding hydrogens is 266 g/mol. The van der Waals surface area contributed by atoms with Gasteiger partial charge in [-0.3, -0.25) is 4.79 Å². The summed E-state index contributed by atoms with van der Waals surface area (Å²) in [6.45, 7) is 3.73. The Labute approximate surface area is 115 Å². The lowest BCUT2D eigenvalue weighted by atomic mass is 10.2. The van der Waals surface area contributed by atoms with Gasteiger partial charge in [-0.2, -0.15) is 0 Å². The van der Waals surface area contributed by atoms with Crippen LogP contribution in [0.2, 0.25) is 0 Å². The molecule has 20 heavy (non-hydrogen) atoms. The summed E-state index contributed by atoms with van der Waals surface area (Å²) in [6, 6.07) is 0. The van der Waals surface area contributed by atoms with Gasteiger partial charge in [0.25, 0.3) is 0 Å². The van der Waals surface area contributed by atoms with Gasteiger partial charge in [0.1, 0.15) is 5.56 Å². The van der Waals surface area contributed by atoms with Crippen LogP contribution in [0, 0.1) is 0 Å². The van der Waals surface area contributed by atoms with Crippen molar-refractivity contribution < 1.29 is 23.8 Å². The molecule has 1 aromatic heterocycles. The first-order valence-corrected chi connectivity index (χ1v) is 5.60. The monoisotopic (exact) mass is 281 g/mol. The average Bonchev–Trinajstić information content (AvgIpc) is 2.46. The third kappa shape index (κ3) is 2.71. The molecule has 0 aromatic carbocycles. The summed E-state index contributed by atoms with van der Waals surface area (Å²) in [5.41, 5.74) is -1.06. The highest BCUT2D eigenvalue weighted by atomic mass is 16.5. The zero-order valence-electron chi connectivity index (χ0n) is 11.5. The number of methoxy groups -OCH3 is 3. The highest BCUT2D eigenvalue weighted by molar-refractivity contribution is 5.94. The number of hydrogen-bond donors (Lipinski definition) is 0. The Balaban J connectivity index is 3.70. The van der Waals surface area contributed by atoms with Crippen LogP contribution in [0.25, 0.3) is 0 Å². The number of nitrogens with zero attached hydrogens (tertiary/aromatic N) is 1. The molecular formula is C13H15NO6. The Morgan fingerprint density at radius 1 is 1.25 bits per heavy atom. The predicted octanol–water partition coefficient (Wildman–Crippen LogP) is 0.616. The van der Waals surface area contributed by atoms with Crippen molar-refractivity contribution in [2.24, 2.45) is 0 Å². The van der Waals surface area contributed by atoms with Crippen molar-refractivity contribution >= 4 is 11.9 Å². The second-order valence-electron chi connectivity index (χ2n) is 3.68. The Hall–Kier alpha value is -2.57. The molecule has 1 aromatic rings. The van der Waals surface area contributed by atoms with Crippen molar-refractivity contribution in [3.63, 3.8) is 0 Å². The molecule has 0 aliphatic rings. The lowest BCUT2D eigenvalue weighted by Gasteiger charge is -2.15. The fourth-order valence-electron chi connectivity index (χ4n) is 1.67. The minimum Gasteiger partial charge on any atom is -0.491 e. The maximum absolute atomic E-state index is 12.1. The molecule has 1 heterocycles. The fraction of sp³-hybridized carbons (Fsp3) is 0.308. The molecule has 0 spiro atoms. The highest BCUT2D eigenvalue weighted by Gasteiger charge is 2.25. The molecule has 0 bridgehead atoms. The zero-order chi connectivity index (χ0) is 15.3. The van der Waals surface area contributed by atoms with Gasteiger partial charge in [-0.1, -0.05) is 6.08 Å². The molecule has 0 saturated carbocycles. The van der Waals surface area contributed by atoms with Crippen molar-refractivity contribution in [3.05, 3.63) is 40.3 Å². The quantitative estimate of drug-likeness (QED) is 0.581. The van der Waals surface area contributed by atoms with Gasteiger partial charge in [-0.15, -0.1) is 6.58 Å². The van der Waals surface area contributed by atoms with E-state index in [0.717, 1.165) is 7.11 Å². The molecule has 0 N–H and O–H groups in total. The van der Waals surface area contributed by atoms with Crippen LogP contribution in [0.4, 0.5) is 0 Å². The van der Waals surface area contributed by atoms with Crippen LogP contribution in [0.3, 0.4) is 0 Å². The molecule has 108 valence electrons. The second-order valence-corrected chi connectivity index (χ2v) is 3.68. The maximum Gasteiger partial charge on any atom is 0.358 e. The Morgan fingerprint density at radius 3 is 2.30 bits per heavy atom. The fourth-order valence-corrected chi connectivity index (χ4v) is 1.67. The van der Waals surface area contributed by atoms with Crippen LogP contribution in [-0.4, -0.2) is 37.8 Å². The number of allylic oxidation sites excluding steroid dienone is 1. The third-order valence-electron chi connectivity index (χ3n) is 2.55.